The van der Waals surface area contributed by atoms with Crippen LogP contribution in [0.15, 0.2) is 0 Å². The molecule has 0 aromatic carbocycles. The molecule has 0 radical (unpaired) electrons. The maximum absolute atomic E-state index is 10.5. The fourth-order valence-corrected chi connectivity index (χ4v) is 2.28. The van der Waals surface area contributed by atoms with E-state index in [1.54, 1.807) is 0 Å². The van der Waals surface area contributed by atoms with E-state index in [0.29, 0.717) is 18.2 Å². The van der Waals surface area contributed by atoms with Crippen LogP contribution in [0, 0.1) is 5.92 Å². The Labute approximate surface area is 49.1 Å². The average Bonchev–Trinajstić information content (AvgIpc) is 1.82. The smallest absolute Gasteiger partial charge is 0.211 e. The van der Waals surface area contributed by atoms with Crippen molar-refractivity contribution in [1.29, 1.82) is 0 Å². The van der Waals surface area contributed by atoms with Crippen LogP contribution < -0.4 is 4.72 Å². The van der Waals surface area contributed by atoms with E-state index < -0.39 is 10.0 Å². The minimum atomic E-state index is -2.85. The minimum Gasteiger partial charge on any atom is -0.215 e. The molecule has 1 unspecified atom stereocenters. The van der Waals surface area contributed by atoms with Gasteiger partial charge in [-0.05, 0) is 5.92 Å². The normalized spacial score (nSPS) is 35.4. The van der Waals surface area contributed by atoms with Crippen molar-refractivity contribution in [2.24, 2.45) is 5.92 Å². The number of sulfonamides is 1. The zero-order chi connectivity index (χ0) is 6.20. The number of nitrogens with one attached hydrogen (secondary N) is 1. The highest BCUT2D eigenvalue weighted by atomic mass is 32.2. The Morgan fingerprint density at radius 2 is 2.25 bits per heavy atom. The van der Waals surface area contributed by atoms with Crippen LogP contribution in [0.2, 0.25) is 0 Å². The van der Waals surface area contributed by atoms with Gasteiger partial charge in [-0.2, -0.15) is 0 Å². The maximum Gasteiger partial charge on any atom is 0.211 e. The zero-order valence-electron chi connectivity index (χ0n) is 4.72. The van der Waals surface area contributed by atoms with Gasteiger partial charge in [0.2, 0.25) is 10.0 Å². The van der Waals surface area contributed by atoms with E-state index in [4.69, 9.17) is 0 Å². The summed E-state index contributed by atoms with van der Waals surface area (Å²) in [7, 11) is -2.85. The molecule has 1 aliphatic heterocycles. The van der Waals surface area contributed by atoms with E-state index in [0.717, 1.165) is 0 Å². The van der Waals surface area contributed by atoms with E-state index in [1.165, 1.54) is 0 Å². The minimum absolute atomic E-state index is 0.292. The number of rotatable bonds is 0. The summed E-state index contributed by atoms with van der Waals surface area (Å²) < 4.78 is 23.5. The molecular formula is C4H9NO2S. The quantitative estimate of drug-likeness (QED) is 0.489. The van der Waals surface area contributed by atoms with Crippen LogP contribution in [-0.2, 0) is 10.0 Å². The van der Waals surface area contributed by atoms with Gasteiger partial charge < -0.3 is 0 Å². The predicted molar refractivity (Wildman–Crippen MR) is 31.0 cm³/mol. The van der Waals surface area contributed by atoms with Crippen molar-refractivity contribution in [3.05, 3.63) is 0 Å². The van der Waals surface area contributed by atoms with Crippen LogP contribution in [0.25, 0.3) is 0 Å². The second kappa shape index (κ2) is 1.70. The van der Waals surface area contributed by atoms with Crippen molar-refractivity contribution in [3.63, 3.8) is 0 Å². The molecule has 1 fully saturated rings. The lowest BCUT2D eigenvalue weighted by Gasteiger charge is -1.88. The van der Waals surface area contributed by atoms with Crippen LogP contribution in [0.1, 0.15) is 6.92 Å². The van der Waals surface area contributed by atoms with Crippen LogP contribution in [0.4, 0.5) is 0 Å². The Bertz CT molecular complexity index is 172. The summed E-state index contributed by atoms with van der Waals surface area (Å²) in [5.41, 5.74) is 0. The first-order valence-electron chi connectivity index (χ1n) is 2.57. The largest absolute Gasteiger partial charge is 0.215 e. The van der Waals surface area contributed by atoms with Gasteiger partial charge in [0.05, 0.1) is 5.75 Å². The third kappa shape index (κ3) is 1.20. The van der Waals surface area contributed by atoms with Crippen molar-refractivity contribution in [2.45, 2.75) is 6.92 Å². The lowest BCUT2D eigenvalue weighted by molar-refractivity contribution is 0.594. The maximum atomic E-state index is 10.5. The van der Waals surface area contributed by atoms with Crippen LogP contribution in [0.3, 0.4) is 0 Å². The molecule has 1 atom stereocenters. The van der Waals surface area contributed by atoms with E-state index in [9.17, 15) is 8.42 Å². The molecule has 0 aliphatic carbocycles. The third-order valence-corrected chi connectivity index (χ3v) is 2.77. The highest BCUT2D eigenvalue weighted by Gasteiger charge is 2.22. The molecule has 48 valence electrons. The van der Waals surface area contributed by atoms with Crippen molar-refractivity contribution in [3.8, 4) is 0 Å². The first-order chi connectivity index (χ1) is 3.60. The van der Waals surface area contributed by atoms with Crippen molar-refractivity contribution in [2.75, 3.05) is 12.3 Å². The summed E-state index contributed by atoms with van der Waals surface area (Å²) >= 11 is 0. The first kappa shape index (κ1) is 6.04. The van der Waals surface area contributed by atoms with Gasteiger partial charge in [-0.3, -0.25) is 0 Å². The van der Waals surface area contributed by atoms with Gasteiger partial charge in [0, 0.05) is 6.54 Å². The first-order valence-corrected chi connectivity index (χ1v) is 4.23. The third-order valence-electron chi connectivity index (χ3n) is 1.16. The molecule has 0 aromatic rings. The molecule has 8 heavy (non-hydrogen) atoms. The molecule has 0 amide bonds. The summed E-state index contributed by atoms with van der Waals surface area (Å²) in [5, 5.41) is 0. The topological polar surface area (TPSA) is 46.2 Å². The van der Waals surface area contributed by atoms with E-state index >= 15 is 0 Å². The van der Waals surface area contributed by atoms with Crippen molar-refractivity contribution in [1.82, 2.24) is 4.72 Å². The highest BCUT2D eigenvalue weighted by Crippen LogP contribution is 2.05. The summed E-state index contributed by atoms with van der Waals surface area (Å²) in [6.07, 6.45) is 0. The zero-order valence-corrected chi connectivity index (χ0v) is 5.53. The molecule has 3 nitrogen and oxygen atoms in total. The fourth-order valence-electron chi connectivity index (χ4n) is 0.762. The van der Waals surface area contributed by atoms with E-state index in [1.807, 2.05) is 6.92 Å². The highest BCUT2D eigenvalue weighted by molar-refractivity contribution is 7.89. The molecule has 1 rings (SSSR count). The van der Waals surface area contributed by atoms with E-state index in [2.05, 4.69) is 4.72 Å². The summed E-state index contributed by atoms with van der Waals surface area (Å²) in [6.45, 7) is 2.53. The van der Waals surface area contributed by atoms with Gasteiger partial charge in [-0.15, -0.1) is 0 Å². The second-order valence-electron chi connectivity index (χ2n) is 2.24. The molecule has 1 aliphatic rings. The summed E-state index contributed by atoms with van der Waals surface area (Å²) in [5.74, 6) is 0.590. The molecule has 1 heterocycles. The van der Waals surface area contributed by atoms with Crippen LogP contribution >= 0.6 is 0 Å². The molecule has 1 saturated heterocycles. The molecule has 1 N–H and O–H groups in total. The SMILES string of the molecule is CC1CNS(=O)(=O)C1. The monoisotopic (exact) mass is 135 g/mol. The molecule has 0 spiro atoms. The van der Waals surface area contributed by atoms with Gasteiger partial charge >= 0.3 is 0 Å². The Morgan fingerprint density at radius 1 is 1.62 bits per heavy atom. The Hall–Kier alpha value is -0.0900. The van der Waals surface area contributed by atoms with Gasteiger partial charge in [0.15, 0.2) is 0 Å². The van der Waals surface area contributed by atoms with E-state index in [-0.39, 0.29) is 0 Å². The van der Waals surface area contributed by atoms with Crippen molar-refractivity contribution < 1.29 is 8.42 Å². The Morgan fingerprint density at radius 3 is 2.38 bits per heavy atom. The average molecular weight is 135 g/mol. The fraction of sp³-hybridized carbons (Fsp3) is 1.00. The van der Waals surface area contributed by atoms with Gasteiger partial charge in [0.25, 0.3) is 0 Å². The van der Waals surface area contributed by atoms with Gasteiger partial charge in [0.1, 0.15) is 0 Å². The lowest BCUT2D eigenvalue weighted by atomic mass is 10.2. The second-order valence-corrected chi connectivity index (χ2v) is 4.09. The van der Waals surface area contributed by atoms with Crippen molar-refractivity contribution >= 4 is 10.0 Å². The summed E-state index contributed by atoms with van der Waals surface area (Å²) in [6, 6.07) is 0. The molecule has 0 aromatic heterocycles. The van der Waals surface area contributed by atoms with Gasteiger partial charge in [-0.25, -0.2) is 13.1 Å². The number of hydrogen-bond donors (Lipinski definition) is 1. The molecular weight excluding hydrogens is 126 g/mol. The summed E-state index contributed by atoms with van der Waals surface area (Å²) in [4.78, 5) is 0. The molecule has 4 heteroatoms. The van der Waals surface area contributed by atoms with Crippen LogP contribution in [-0.4, -0.2) is 20.7 Å². The Balaban J connectivity index is 2.71. The standard InChI is InChI=1S/C4H9NO2S/c1-4-2-5-8(6,7)3-4/h4-5H,2-3H2,1H3. The lowest BCUT2D eigenvalue weighted by Crippen LogP contribution is -2.15. The predicted octanol–water partition coefficient (Wildman–Crippen LogP) is -0.445. The van der Waals surface area contributed by atoms with Crippen LogP contribution in [0.5, 0.6) is 0 Å². The molecule has 0 saturated carbocycles. The Kier molecular flexibility index (Phi) is 1.28. The molecule has 0 bridgehead atoms. The van der Waals surface area contributed by atoms with Gasteiger partial charge in [-0.1, -0.05) is 6.92 Å². The number of hydrogen-bond acceptors (Lipinski definition) is 2.